The summed E-state index contributed by atoms with van der Waals surface area (Å²) in [4.78, 5) is 4.31. The lowest BCUT2D eigenvalue weighted by Gasteiger charge is -2.11. The molecule has 0 unspecified atom stereocenters. The lowest BCUT2D eigenvalue weighted by atomic mass is 10.2. The predicted molar refractivity (Wildman–Crippen MR) is 81.2 cm³/mol. The van der Waals surface area contributed by atoms with Gasteiger partial charge in [0.05, 0.1) is 5.52 Å². The van der Waals surface area contributed by atoms with Gasteiger partial charge >= 0.3 is 0 Å². The first kappa shape index (κ1) is 12.9. The van der Waals surface area contributed by atoms with E-state index in [1.165, 1.54) is 0 Å². The van der Waals surface area contributed by atoms with Crippen molar-refractivity contribution in [1.82, 2.24) is 4.98 Å². The number of nitrogens with zero attached hydrogens (tertiary/aromatic N) is 1. The summed E-state index contributed by atoms with van der Waals surface area (Å²) >= 11 is 6.00. The van der Waals surface area contributed by atoms with E-state index in [1.807, 2.05) is 36.4 Å². The van der Waals surface area contributed by atoms with Crippen LogP contribution in [0.3, 0.4) is 0 Å². The molecule has 0 saturated heterocycles. The largest absolute Gasteiger partial charge is 0.457 e. The van der Waals surface area contributed by atoms with Crippen LogP contribution in [0.1, 0.15) is 5.56 Å². The molecule has 0 saturated carbocycles. The van der Waals surface area contributed by atoms with Crippen molar-refractivity contribution in [3.8, 4) is 11.5 Å². The van der Waals surface area contributed by atoms with Gasteiger partial charge in [0.15, 0.2) is 0 Å². The topological polar surface area (TPSA) is 48.1 Å². The van der Waals surface area contributed by atoms with Gasteiger partial charge in [-0.15, -0.1) is 0 Å². The summed E-state index contributed by atoms with van der Waals surface area (Å²) in [5.74, 6) is 1.39. The van der Waals surface area contributed by atoms with E-state index in [0.29, 0.717) is 23.1 Å². The van der Waals surface area contributed by atoms with E-state index in [4.69, 9.17) is 22.1 Å². The number of ether oxygens (including phenoxy) is 1. The van der Waals surface area contributed by atoms with Crippen LogP contribution in [-0.4, -0.2) is 4.98 Å². The zero-order valence-electron chi connectivity index (χ0n) is 10.7. The van der Waals surface area contributed by atoms with Crippen LogP contribution < -0.4 is 10.5 Å². The first-order valence-electron chi connectivity index (χ1n) is 6.27. The van der Waals surface area contributed by atoms with Crippen LogP contribution in [0.15, 0.2) is 54.7 Å². The molecule has 3 nitrogen and oxygen atoms in total. The molecule has 0 radical (unpaired) electrons. The minimum atomic E-state index is 0.401. The minimum absolute atomic E-state index is 0.401. The van der Waals surface area contributed by atoms with E-state index in [1.54, 1.807) is 18.3 Å². The maximum Gasteiger partial charge on any atom is 0.133 e. The summed E-state index contributed by atoms with van der Waals surface area (Å²) in [7, 11) is 0. The lowest BCUT2D eigenvalue weighted by Crippen LogP contribution is -1.99. The molecule has 0 atom stereocenters. The van der Waals surface area contributed by atoms with E-state index >= 15 is 0 Å². The van der Waals surface area contributed by atoms with Crippen LogP contribution in [-0.2, 0) is 6.54 Å². The molecule has 0 bridgehead atoms. The summed E-state index contributed by atoms with van der Waals surface area (Å²) < 4.78 is 5.88. The first-order chi connectivity index (χ1) is 9.76. The Morgan fingerprint density at radius 1 is 1.10 bits per heavy atom. The summed E-state index contributed by atoms with van der Waals surface area (Å²) in [5.41, 5.74) is 7.51. The van der Waals surface area contributed by atoms with Gasteiger partial charge in [-0.05, 0) is 30.3 Å². The summed E-state index contributed by atoms with van der Waals surface area (Å²) in [6, 6.07) is 15.1. The van der Waals surface area contributed by atoms with Gasteiger partial charge in [-0.2, -0.15) is 0 Å². The molecule has 4 heteroatoms. The van der Waals surface area contributed by atoms with Crippen molar-refractivity contribution < 1.29 is 4.74 Å². The Kier molecular flexibility index (Phi) is 3.54. The highest BCUT2D eigenvalue weighted by molar-refractivity contribution is 6.30. The van der Waals surface area contributed by atoms with E-state index in [2.05, 4.69) is 4.98 Å². The molecule has 3 aromatic rings. The summed E-state index contributed by atoms with van der Waals surface area (Å²) in [6.45, 7) is 0.401. The van der Waals surface area contributed by atoms with Crippen LogP contribution in [0.2, 0.25) is 5.02 Å². The molecule has 2 N–H and O–H groups in total. The third-order valence-electron chi connectivity index (χ3n) is 3.05. The summed E-state index contributed by atoms with van der Waals surface area (Å²) in [6.07, 6.45) is 1.76. The Hall–Kier alpha value is -2.10. The fraction of sp³-hybridized carbons (Fsp3) is 0.0625. The number of benzene rings is 2. The second-order valence-corrected chi connectivity index (χ2v) is 4.85. The van der Waals surface area contributed by atoms with Crippen LogP contribution in [0.4, 0.5) is 0 Å². The number of hydrogen-bond donors (Lipinski definition) is 1. The van der Waals surface area contributed by atoms with Gasteiger partial charge in [0.1, 0.15) is 11.5 Å². The molecule has 1 aromatic heterocycles. The Labute approximate surface area is 122 Å². The van der Waals surface area contributed by atoms with Gasteiger partial charge in [-0.3, -0.25) is 4.98 Å². The molecule has 3 rings (SSSR count). The standard InChI is InChI=1S/C16H13ClN2O/c17-13-5-3-12(10-18)16(8-13)20-14-6-4-11-2-1-7-19-15(11)9-14/h1-9H,10,18H2. The van der Waals surface area contributed by atoms with E-state index in [-0.39, 0.29) is 0 Å². The third-order valence-corrected chi connectivity index (χ3v) is 3.29. The number of rotatable bonds is 3. The third kappa shape index (κ3) is 2.59. The predicted octanol–water partition coefficient (Wildman–Crippen LogP) is 4.14. The Morgan fingerprint density at radius 3 is 2.85 bits per heavy atom. The van der Waals surface area contributed by atoms with Crippen LogP contribution in [0.5, 0.6) is 11.5 Å². The van der Waals surface area contributed by atoms with Gasteiger partial charge in [-0.25, -0.2) is 0 Å². The quantitative estimate of drug-likeness (QED) is 0.786. The lowest BCUT2D eigenvalue weighted by molar-refractivity contribution is 0.477. The molecule has 0 aliphatic carbocycles. The average Bonchev–Trinajstić information content (AvgIpc) is 2.47. The van der Waals surface area contributed by atoms with E-state index in [9.17, 15) is 0 Å². The molecule has 20 heavy (non-hydrogen) atoms. The molecular formula is C16H13ClN2O. The van der Waals surface area contributed by atoms with Crippen molar-refractivity contribution >= 4 is 22.5 Å². The van der Waals surface area contributed by atoms with Crippen molar-refractivity contribution in [2.45, 2.75) is 6.54 Å². The maximum absolute atomic E-state index is 6.00. The molecule has 0 amide bonds. The van der Waals surface area contributed by atoms with Crippen molar-refractivity contribution in [3.05, 3.63) is 65.3 Å². The van der Waals surface area contributed by atoms with Gasteiger partial charge in [0.25, 0.3) is 0 Å². The fourth-order valence-electron chi connectivity index (χ4n) is 2.03. The second kappa shape index (κ2) is 5.49. The molecular weight excluding hydrogens is 272 g/mol. The fourth-order valence-corrected chi connectivity index (χ4v) is 2.19. The van der Waals surface area contributed by atoms with Crippen LogP contribution >= 0.6 is 11.6 Å². The molecule has 100 valence electrons. The Balaban J connectivity index is 1.98. The van der Waals surface area contributed by atoms with Gasteiger partial charge in [0.2, 0.25) is 0 Å². The number of aromatic nitrogens is 1. The van der Waals surface area contributed by atoms with Crippen molar-refractivity contribution in [1.29, 1.82) is 0 Å². The Bertz CT molecular complexity index is 758. The van der Waals surface area contributed by atoms with Gasteiger partial charge in [-0.1, -0.05) is 23.7 Å². The second-order valence-electron chi connectivity index (χ2n) is 4.42. The minimum Gasteiger partial charge on any atom is -0.457 e. The molecule has 0 aliphatic heterocycles. The van der Waals surface area contributed by atoms with Crippen LogP contribution in [0.25, 0.3) is 10.9 Å². The zero-order chi connectivity index (χ0) is 13.9. The normalized spacial score (nSPS) is 10.7. The van der Waals surface area contributed by atoms with E-state index < -0.39 is 0 Å². The SMILES string of the molecule is NCc1ccc(Cl)cc1Oc1ccc2cccnc2c1. The average molecular weight is 285 g/mol. The first-order valence-corrected chi connectivity index (χ1v) is 6.65. The van der Waals surface area contributed by atoms with Crippen molar-refractivity contribution in [2.24, 2.45) is 5.73 Å². The molecule has 0 spiro atoms. The molecule has 2 aromatic carbocycles. The molecule has 1 heterocycles. The highest BCUT2D eigenvalue weighted by atomic mass is 35.5. The molecule has 0 fully saturated rings. The molecule has 0 aliphatic rings. The van der Waals surface area contributed by atoms with Gasteiger partial charge in [0, 0.05) is 34.8 Å². The number of hydrogen-bond acceptors (Lipinski definition) is 3. The number of halogens is 1. The number of pyridine rings is 1. The highest BCUT2D eigenvalue weighted by Crippen LogP contribution is 2.29. The maximum atomic E-state index is 6.00. The smallest absolute Gasteiger partial charge is 0.133 e. The number of nitrogens with two attached hydrogens (primary N) is 1. The highest BCUT2D eigenvalue weighted by Gasteiger charge is 2.06. The monoisotopic (exact) mass is 284 g/mol. The van der Waals surface area contributed by atoms with Crippen molar-refractivity contribution in [2.75, 3.05) is 0 Å². The summed E-state index contributed by atoms with van der Waals surface area (Å²) in [5, 5.41) is 1.70. The van der Waals surface area contributed by atoms with E-state index in [0.717, 1.165) is 16.5 Å². The van der Waals surface area contributed by atoms with Crippen molar-refractivity contribution in [3.63, 3.8) is 0 Å². The van der Waals surface area contributed by atoms with Gasteiger partial charge < -0.3 is 10.5 Å². The number of fused-ring (bicyclic) bond motifs is 1. The van der Waals surface area contributed by atoms with Crippen LogP contribution in [0, 0.1) is 0 Å². The Morgan fingerprint density at radius 2 is 2.00 bits per heavy atom. The zero-order valence-corrected chi connectivity index (χ0v) is 11.5.